The number of amides is 2. The Labute approximate surface area is 176 Å². The second-order valence-electron chi connectivity index (χ2n) is 9.24. The molecule has 0 atom stereocenters. The molecule has 3 aliphatic rings. The van der Waals surface area contributed by atoms with E-state index < -0.39 is 23.6 Å². The average Bonchev–Trinajstić information content (AvgIpc) is 3.06. The molecule has 0 aromatic carbocycles. The summed E-state index contributed by atoms with van der Waals surface area (Å²) in [6.45, 7) is 5.37. The lowest BCUT2D eigenvalue weighted by molar-refractivity contribution is -0.141. The van der Waals surface area contributed by atoms with Gasteiger partial charge in [-0.15, -0.1) is 0 Å². The highest BCUT2D eigenvalue weighted by Crippen LogP contribution is 2.60. The van der Waals surface area contributed by atoms with Crippen LogP contribution in [0.1, 0.15) is 56.1 Å². The van der Waals surface area contributed by atoms with Crippen molar-refractivity contribution in [1.82, 2.24) is 25.4 Å². The number of ether oxygens (including phenoxy) is 1. The Morgan fingerprint density at radius 3 is 2.26 bits per heavy atom. The number of nitrogens with zero attached hydrogens (tertiary/aromatic N) is 3. The molecule has 0 saturated heterocycles. The Balaban J connectivity index is 1.33. The van der Waals surface area contributed by atoms with Gasteiger partial charge in [0, 0.05) is 11.7 Å². The Bertz CT molecular complexity index is 1000. The number of carbonyl (C=O) groups excluding carboxylic acids is 2. The van der Waals surface area contributed by atoms with Gasteiger partial charge in [-0.3, -0.25) is 4.79 Å². The largest absolute Gasteiger partial charge is 0.444 e. The quantitative estimate of drug-likeness (QED) is 0.766. The molecule has 2 aromatic heterocycles. The molecule has 2 aromatic rings. The first-order valence-electron chi connectivity index (χ1n) is 9.70. The van der Waals surface area contributed by atoms with E-state index in [0.717, 1.165) is 12.3 Å². The Morgan fingerprint density at radius 2 is 1.71 bits per heavy atom. The highest BCUT2D eigenvalue weighted by Gasteiger charge is 2.69. The summed E-state index contributed by atoms with van der Waals surface area (Å²) in [6, 6.07) is 2.09. The SMILES string of the molecule is CC(C)(C)OC(=O)NC12CC(NC(=O)c3cnn(-c4ccc(C(F)(F)F)nc4)c3)(C1)C2. The number of pyridine rings is 1. The van der Waals surface area contributed by atoms with Crippen molar-refractivity contribution in [2.24, 2.45) is 0 Å². The van der Waals surface area contributed by atoms with E-state index in [2.05, 4.69) is 20.7 Å². The molecule has 11 heteroatoms. The number of hydrogen-bond donors (Lipinski definition) is 2. The van der Waals surface area contributed by atoms with Crippen LogP contribution < -0.4 is 10.6 Å². The van der Waals surface area contributed by atoms with Crippen LogP contribution in [0, 0.1) is 0 Å². The summed E-state index contributed by atoms with van der Waals surface area (Å²) in [6.07, 6.45) is 0.661. The lowest BCUT2D eigenvalue weighted by Gasteiger charge is -2.70. The number of halogens is 3. The molecule has 0 spiro atoms. The third-order valence-corrected chi connectivity index (χ3v) is 5.32. The molecule has 5 rings (SSSR count). The van der Waals surface area contributed by atoms with Crippen LogP contribution in [0.3, 0.4) is 0 Å². The fourth-order valence-electron chi connectivity index (χ4n) is 4.16. The molecule has 3 saturated carbocycles. The van der Waals surface area contributed by atoms with Crippen LogP contribution in [0.2, 0.25) is 0 Å². The molecular weight excluding hydrogens is 415 g/mol. The first kappa shape index (κ1) is 21.1. The molecule has 2 amide bonds. The van der Waals surface area contributed by atoms with Crippen molar-refractivity contribution in [2.75, 3.05) is 0 Å². The predicted molar refractivity (Wildman–Crippen MR) is 103 cm³/mol. The number of alkyl halides is 3. The highest BCUT2D eigenvalue weighted by molar-refractivity contribution is 5.94. The molecule has 8 nitrogen and oxygen atoms in total. The topological polar surface area (TPSA) is 98.1 Å². The number of rotatable bonds is 4. The number of aromatic nitrogens is 3. The number of carbonyl (C=O) groups is 2. The van der Waals surface area contributed by atoms with E-state index in [1.807, 2.05) is 0 Å². The van der Waals surface area contributed by atoms with E-state index in [0.29, 0.717) is 24.9 Å². The first-order chi connectivity index (χ1) is 14.3. The van der Waals surface area contributed by atoms with Crippen LogP contribution in [-0.2, 0) is 10.9 Å². The van der Waals surface area contributed by atoms with Gasteiger partial charge in [0.15, 0.2) is 0 Å². The zero-order valence-corrected chi connectivity index (χ0v) is 17.2. The molecule has 2 heterocycles. The summed E-state index contributed by atoms with van der Waals surface area (Å²) in [5.74, 6) is -0.336. The van der Waals surface area contributed by atoms with Crippen molar-refractivity contribution >= 4 is 12.0 Å². The molecule has 31 heavy (non-hydrogen) atoms. The lowest BCUT2D eigenvalue weighted by Crippen LogP contribution is -2.83. The fourth-order valence-corrected chi connectivity index (χ4v) is 4.16. The zero-order valence-electron chi connectivity index (χ0n) is 17.2. The minimum absolute atomic E-state index is 0.277. The van der Waals surface area contributed by atoms with Gasteiger partial charge in [0.05, 0.1) is 29.2 Å². The van der Waals surface area contributed by atoms with E-state index in [4.69, 9.17) is 4.74 Å². The maximum absolute atomic E-state index is 12.6. The minimum Gasteiger partial charge on any atom is -0.444 e. The average molecular weight is 437 g/mol. The van der Waals surface area contributed by atoms with Crippen molar-refractivity contribution < 1.29 is 27.5 Å². The molecule has 2 N–H and O–H groups in total. The molecule has 166 valence electrons. The van der Waals surface area contributed by atoms with Crippen molar-refractivity contribution in [2.45, 2.75) is 62.9 Å². The predicted octanol–water partition coefficient (Wildman–Crippen LogP) is 3.22. The Hall–Kier alpha value is -3.11. The van der Waals surface area contributed by atoms with Gasteiger partial charge < -0.3 is 15.4 Å². The van der Waals surface area contributed by atoms with Crippen molar-refractivity contribution in [3.8, 4) is 5.69 Å². The van der Waals surface area contributed by atoms with E-state index >= 15 is 0 Å². The monoisotopic (exact) mass is 437 g/mol. The molecule has 2 bridgehead atoms. The van der Waals surface area contributed by atoms with Gasteiger partial charge in [0.2, 0.25) is 0 Å². The van der Waals surface area contributed by atoms with E-state index in [9.17, 15) is 22.8 Å². The van der Waals surface area contributed by atoms with Crippen molar-refractivity contribution in [3.63, 3.8) is 0 Å². The summed E-state index contributed by atoms with van der Waals surface area (Å²) in [5, 5.41) is 9.88. The van der Waals surface area contributed by atoms with Crippen LogP contribution >= 0.6 is 0 Å². The standard InChI is InChI=1S/C20H22F3N5O3/c1-17(2,3)31-16(30)27-19-9-18(10-19,11-19)26-15(29)12-6-25-28(8-12)13-4-5-14(24-7-13)20(21,22)23/h4-8H,9-11H2,1-3H3,(H,26,29)(H,27,30). The van der Waals surface area contributed by atoms with Crippen LogP contribution in [0.4, 0.5) is 18.0 Å². The number of hydrogen-bond acceptors (Lipinski definition) is 5. The zero-order chi connectivity index (χ0) is 22.7. The summed E-state index contributed by atoms with van der Waals surface area (Å²) in [4.78, 5) is 27.9. The lowest BCUT2D eigenvalue weighted by atomic mass is 9.44. The summed E-state index contributed by atoms with van der Waals surface area (Å²) in [5.41, 5.74) is -1.71. The van der Waals surface area contributed by atoms with Crippen molar-refractivity contribution in [1.29, 1.82) is 0 Å². The van der Waals surface area contributed by atoms with Gasteiger partial charge in [-0.1, -0.05) is 0 Å². The van der Waals surface area contributed by atoms with Gasteiger partial charge in [0.25, 0.3) is 5.91 Å². The van der Waals surface area contributed by atoms with Gasteiger partial charge in [-0.05, 0) is 52.2 Å². The van der Waals surface area contributed by atoms with Crippen LogP contribution in [-0.4, -0.2) is 43.4 Å². The summed E-state index contributed by atoms with van der Waals surface area (Å²) >= 11 is 0. The number of nitrogens with one attached hydrogen (secondary N) is 2. The third kappa shape index (κ3) is 4.21. The second-order valence-corrected chi connectivity index (χ2v) is 9.24. The molecule has 3 aliphatic carbocycles. The Morgan fingerprint density at radius 1 is 1.06 bits per heavy atom. The fraction of sp³-hybridized carbons (Fsp3) is 0.500. The molecule has 0 radical (unpaired) electrons. The maximum Gasteiger partial charge on any atom is 0.433 e. The molecule has 0 aliphatic heterocycles. The van der Waals surface area contributed by atoms with E-state index in [1.165, 1.54) is 23.1 Å². The normalized spacial score (nSPS) is 24.6. The van der Waals surface area contributed by atoms with Gasteiger partial charge in [0.1, 0.15) is 11.3 Å². The van der Waals surface area contributed by atoms with Crippen molar-refractivity contribution in [3.05, 3.63) is 42.0 Å². The highest BCUT2D eigenvalue weighted by atomic mass is 19.4. The van der Waals surface area contributed by atoms with Gasteiger partial charge >= 0.3 is 12.3 Å². The minimum atomic E-state index is -4.52. The third-order valence-electron chi connectivity index (χ3n) is 5.32. The summed E-state index contributed by atoms with van der Waals surface area (Å²) < 4.78 is 44.5. The van der Waals surface area contributed by atoms with Gasteiger partial charge in [-0.25, -0.2) is 14.5 Å². The van der Waals surface area contributed by atoms with E-state index in [1.54, 1.807) is 20.8 Å². The Kier molecular flexibility index (Phi) is 4.56. The number of alkyl carbamates (subject to hydrolysis) is 1. The van der Waals surface area contributed by atoms with Crippen LogP contribution in [0.5, 0.6) is 0 Å². The first-order valence-corrected chi connectivity index (χ1v) is 9.70. The van der Waals surface area contributed by atoms with Crippen LogP contribution in [0.25, 0.3) is 5.69 Å². The summed E-state index contributed by atoms with van der Waals surface area (Å²) in [7, 11) is 0. The molecule has 0 unspecified atom stereocenters. The molecule has 3 fully saturated rings. The van der Waals surface area contributed by atoms with Gasteiger partial charge in [-0.2, -0.15) is 18.3 Å². The maximum atomic E-state index is 12.6. The van der Waals surface area contributed by atoms with E-state index in [-0.39, 0.29) is 22.5 Å². The molecular formula is C20H22F3N5O3. The smallest absolute Gasteiger partial charge is 0.433 e. The second kappa shape index (κ2) is 6.69. The van der Waals surface area contributed by atoms with Crippen LogP contribution in [0.15, 0.2) is 30.7 Å².